The molecule has 0 saturated heterocycles. The van der Waals surface area contributed by atoms with Crippen molar-refractivity contribution in [2.45, 2.75) is 26.0 Å². The summed E-state index contributed by atoms with van der Waals surface area (Å²) in [6, 6.07) is 15.9. The fraction of sp³-hybridized carbons (Fsp3) is 0.263. The molecule has 5 heteroatoms. The van der Waals surface area contributed by atoms with Gasteiger partial charge in [-0.2, -0.15) is 0 Å². The van der Waals surface area contributed by atoms with E-state index < -0.39 is 0 Å². The molecule has 2 N–H and O–H groups in total. The lowest BCUT2D eigenvalue weighted by Crippen LogP contribution is -2.42. The first-order chi connectivity index (χ1) is 11.5. The first-order valence-corrected chi connectivity index (χ1v) is 7.86. The van der Waals surface area contributed by atoms with E-state index in [2.05, 4.69) is 10.6 Å². The second-order valence-corrected chi connectivity index (χ2v) is 5.56. The molecule has 0 unspecified atom stereocenters. The van der Waals surface area contributed by atoms with Crippen molar-refractivity contribution in [2.75, 3.05) is 7.05 Å². The Balaban J connectivity index is 1.99. The topological polar surface area (TPSA) is 67.4 Å². The summed E-state index contributed by atoms with van der Waals surface area (Å²) in [7, 11) is 1.56. The van der Waals surface area contributed by atoms with Gasteiger partial charge >= 0.3 is 0 Å². The number of nitrogens with one attached hydrogen (secondary N) is 2. The van der Waals surface area contributed by atoms with Crippen LogP contribution in [0.25, 0.3) is 0 Å². The number of amides is 2. The monoisotopic (exact) mass is 326 g/mol. The van der Waals surface area contributed by atoms with Crippen LogP contribution in [0.3, 0.4) is 0 Å². The number of ether oxygens (including phenoxy) is 1. The Morgan fingerprint density at radius 3 is 2.17 bits per heavy atom. The van der Waals surface area contributed by atoms with Crippen LogP contribution in [0.2, 0.25) is 0 Å². The maximum atomic E-state index is 12.4. The van der Waals surface area contributed by atoms with E-state index in [0.29, 0.717) is 11.1 Å². The van der Waals surface area contributed by atoms with E-state index in [1.165, 1.54) is 0 Å². The van der Waals surface area contributed by atoms with Gasteiger partial charge in [-0.25, -0.2) is 0 Å². The third-order valence-electron chi connectivity index (χ3n) is 3.74. The third kappa shape index (κ3) is 4.59. The maximum Gasteiger partial charge on any atom is 0.251 e. The molecule has 2 aromatic carbocycles. The number of hydrogen-bond donors (Lipinski definition) is 2. The SMILES string of the molecule is CNC(=O)c1cccc(C(=O)N[C@H](C)[C@H](C)Oc2ccccc2)c1. The Bertz CT molecular complexity index is 701. The largest absolute Gasteiger partial charge is 0.489 e. The molecule has 0 heterocycles. The number of benzene rings is 2. The van der Waals surface area contributed by atoms with Crippen molar-refractivity contribution in [1.82, 2.24) is 10.6 Å². The smallest absolute Gasteiger partial charge is 0.251 e. The van der Waals surface area contributed by atoms with Crippen molar-refractivity contribution >= 4 is 11.8 Å². The van der Waals surface area contributed by atoms with Crippen molar-refractivity contribution in [2.24, 2.45) is 0 Å². The van der Waals surface area contributed by atoms with E-state index in [-0.39, 0.29) is 24.0 Å². The molecular weight excluding hydrogens is 304 g/mol. The van der Waals surface area contributed by atoms with Crippen LogP contribution in [0, 0.1) is 0 Å². The summed E-state index contributed by atoms with van der Waals surface area (Å²) >= 11 is 0. The molecule has 0 aromatic heterocycles. The van der Waals surface area contributed by atoms with Gasteiger partial charge in [-0.15, -0.1) is 0 Å². The van der Waals surface area contributed by atoms with E-state index in [4.69, 9.17) is 4.74 Å². The lowest BCUT2D eigenvalue weighted by atomic mass is 10.1. The third-order valence-corrected chi connectivity index (χ3v) is 3.74. The fourth-order valence-corrected chi connectivity index (χ4v) is 2.17. The molecule has 2 amide bonds. The van der Waals surface area contributed by atoms with Crippen molar-refractivity contribution in [3.05, 3.63) is 65.7 Å². The van der Waals surface area contributed by atoms with Gasteiger partial charge in [0.2, 0.25) is 0 Å². The number of rotatable bonds is 6. The Morgan fingerprint density at radius 2 is 1.54 bits per heavy atom. The summed E-state index contributed by atoms with van der Waals surface area (Å²) in [5, 5.41) is 5.45. The van der Waals surface area contributed by atoms with E-state index in [1.807, 2.05) is 44.2 Å². The fourth-order valence-electron chi connectivity index (χ4n) is 2.17. The molecular formula is C19H22N2O3. The van der Waals surface area contributed by atoms with Gasteiger partial charge in [0, 0.05) is 18.2 Å². The second-order valence-electron chi connectivity index (χ2n) is 5.56. The highest BCUT2D eigenvalue weighted by Gasteiger charge is 2.18. The van der Waals surface area contributed by atoms with Gasteiger partial charge in [-0.3, -0.25) is 9.59 Å². The summed E-state index contributed by atoms with van der Waals surface area (Å²) in [5.41, 5.74) is 0.890. The molecule has 2 aromatic rings. The van der Waals surface area contributed by atoms with Gasteiger partial charge in [-0.05, 0) is 44.2 Å². The highest BCUT2D eigenvalue weighted by molar-refractivity contribution is 5.99. The Morgan fingerprint density at radius 1 is 0.917 bits per heavy atom. The summed E-state index contributed by atoms with van der Waals surface area (Å²) in [6.07, 6.45) is -0.196. The van der Waals surface area contributed by atoms with Gasteiger partial charge in [0.15, 0.2) is 0 Å². The number of hydrogen-bond acceptors (Lipinski definition) is 3. The predicted molar refractivity (Wildman–Crippen MR) is 93.3 cm³/mol. The van der Waals surface area contributed by atoms with Gasteiger partial charge in [0.1, 0.15) is 11.9 Å². The van der Waals surface area contributed by atoms with Crippen LogP contribution < -0.4 is 15.4 Å². The van der Waals surface area contributed by atoms with E-state index in [0.717, 1.165) is 5.75 Å². The Kier molecular flexibility index (Phi) is 5.95. The summed E-state index contributed by atoms with van der Waals surface area (Å²) in [5.74, 6) is 0.294. The highest BCUT2D eigenvalue weighted by atomic mass is 16.5. The van der Waals surface area contributed by atoms with Crippen LogP contribution in [0.4, 0.5) is 0 Å². The molecule has 126 valence electrons. The van der Waals surface area contributed by atoms with E-state index in [1.54, 1.807) is 31.3 Å². The summed E-state index contributed by atoms with van der Waals surface area (Å²) in [4.78, 5) is 24.0. The maximum absolute atomic E-state index is 12.4. The van der Waals surface area contributed by atoms with Crippen LogP contribution >= 0.6 is 0 Å². The molecule has 5 nitrogen and oxygen atoms in total. The first-order valence-electron chi connectivity index (χ1n) is 7.86. The molecule has 0 aliphatic rings. The molecule has 0 saturated carbocycles. The van der Waals surface area contributed by atoms with Gasteiger partial charge in [0.05, 0.1) is 6.04 Å². The number of carbonyl (C=O) groups excluding carboxylic acids is 2. The van der Waals surface area contributed by atoms with Gasteiger partial charge < -0.3 is 15.4 Å². The standard InChI is InChI=1S/C19H22N2O3/c1-13(14(2)24-17-10-5-4-6-11-17)21-19(23)16-9-7-8-15(12-16)18(22)20-3/h4-14H,1-3H3,(H,20,22)(H,21,23)/t13-,14+/m1/s1. The molecule has 0 aliphatic heterocycles. The minimum absolute atomic E-state index is 0.193. The zero-order chi connectivity index (χ0) is 17.5. The highest BCUT2D eigenvalue weighted by Crippen LogP contribution is 2.13. The lowest BCUT2D eigenvalue weighted by molar-refractivity contribution is 0.0894. The van der Waals surface area contributed by atoms with Crippen LogP contribution in [-0.4, -0.2) is 31.0 Å². The Labute approximate surface area is 142 Å². The zero-order valence-corrected chi connectivity index (χ0v) is 14.1. The molecule has 0 fully saturated rings. The normalized spacial score (nSPS) is 12.8. The molecule has 24 heavy (non-hydrogen) atoms. The average molecular weight is 326 g/mol. The van der Waals surface area contributed by atoms with Crippen molar-refractivity contribution < 1.29 is 14.3 Å². The molecule has 0 radical (unpaired) electrons. The molecule has 2 rings (SSSR count). The number of carbonyl (C=O) groups is 2. The first kappa shape index (κ1) is 17.5. The van der Waals surface area contributed by atoms with Crippen LogP contribution in [0.1, 0.15) is 34.6 Å². The van der Waals surface area contributed by atoms with Crippen LogP contribution in [-0.2, 0) is 0 Å². The summed E-state index contributed by atoms with van der Waals surface area (Å²) < 4.78 is 5.81. The number of para-hydroxylation sites is 1. The van der Waals surface area contributed by atoms with Gasteiger partial charge in [0.25, 0.3) is 11.8 Å². The molecule has 0 spiro atoms. The lowest BCUT2D eigenvalue weighted by Gasteiger charge is -2.22. The quantitative estimate of drug-likeness (QED) is 0.857. The predicted octanol–water partition coefficient (Wildman–Crippen LogP) is 2.63. The van der Waals surface area contributed by atoms with E-state index in [9.17, 15) is 9.59 Å². The van der Waals surface area contributed by atoms with Crippen molar-refractivity contribution in [3.63, 3.8) is 0 Å². The van der Waals surface area contributed by atoms with E-state index >= 15 is 0 Å². The second kappa shape index (κ2) is 8.15. The average Bonchev–Trinajstić information content (AvgIpc) is 2.61. The van der Waals surface area contributed by atoms with Crippen molar-refractivity contribution in [1.29, 1.82) is 0 Å². The molecule has 0 bridgehead atoms. The molecule has 0 aliphatic carbocycles. The van der Waals surface area contributed by atoms with Crippen molar-refractivity contribution in [3.8, 4) is 5.75 Å². The minimum Gasteiger partial charge on any atom is -0.489 e. The zero-order valence-electron chi connectivity index (χ0n) is 14.1. The van der Waals surface area contributed by atoms with Crippen LogP contribution in [0.15, 0.2) is 54.6 Å². The van der Waals surface area contributed by atoms with Gasteiger partial charge in [-0.1, -0.05) is 24.3 Å². The molecule has 2 atom stereocenters. The van der Waals surface area contributed by atoms with Crippen LogP contribution in [0.5, 0.6) is 5.75 Å². The Hall–Kier alpha value is -2.82. The summed E-state index contributed by atoms with van der Waals surface area (Å²) in [6.45, 7) is 3.78. The minimum atomic E-state index is -0.239.